The molecule has 0 radical (unpaired) electrons. The summed E-state index contributed by atoms with van der Waals surface area (Å²) in [5, 5.41) is 0. The molecule has 188 valence electrons. The molecular formula is C24H32N6O5. The summed E-state index contributed by atoms with van der Waals surface area (Å²) in [7, 11) is 1.53. The Bertz CT molecular complexity index is 1250. The number of unbranched alkanes of at least 4 members (excludes halogenated alkanes) is 1. The standard InChI is InChI=1S/C24H32N6O5/c1-3-4-11-30-20(25)19(21(31)27-23(30)33)29(14-15-34-2)22(32)16-9-12-28(13-10-16)24-26-17-7-5-6-8-18(17)35-24/h5-8,16H,3-4,9-15,25H2,1-2H3,(H,27,31,33). The zero-order valence-corrected chi connectivity index (χ0v) is 20.2. The summed E-state index contributed by atoms with van der Waals surface area (Å²) in [6, 6.07) is 8.12. The zero-order valence-electron chi connectivity index (χ0n) is 20.2. The second kappa shape index (κ2) is 10.8. The largest absolute Gasteiger partial charge is 0.423 e. The van der Waals surface area contributed by atoms with Crippen molar-refractivity contribution in [3.8, 4) is 0 Å². The number of nitrogens with one attached hydrogen (secondary N) is 1. The van der Waals surface area contributed by atoms with Gasteiger partial charge >= 0.3 is 5.69 Å². The minimum atomic E-state index is -0.673. The Morgan fingerprint density at radius 1 is 1.29 bits per heavy atom. The lowest BCUT2D eigenvalue weighted by molar-refractivity contribution is -0.123. The van der Waals surface area contributed by atoms with Gasteiger partial charge in [-0.2, -0.15) is 4.98 Å². The highest BCUT2D eigenvalue weighted by atomic mass is 16.5. The molecular weight excluding hydrogens is 452 g/mol. The molecule has 0 atom stereocenters. The molecule has 1 fully saturated rings. The van der Waals surface area contributed by atoms with Gasteiger partial charge in [0.2, 0.25) is 5.91 Å². The van der Waals surface area contributed by atoms with Crippen LogP contribution in [0.3, 0.4) is 0 Å². The van der Waals surface area contributed by atoms with E-state index in [0.717, 1.165) is 23.9 Å². The fraction of sp³-hybridized carbons (Fsp3) is 0.500. The van der Waals surface area contributed by atoms with E-state index in [9.17, 15) is 14.4 Å². The molecule has 1 saturated heterocycles. The first-order valence-corrected chi connectivity index (χ1v) is 12.0. The van der Waals surface area contributed by atoms with E-state index >= 15 is 0 Å². The first-order valence-electron chi connectivity index (χ1n) is 12.0. The number of piperidine rings is 1. The van der Waals surface area contributed by atoms with Gasteiger partial charge in [-0.25, -0.2) is 4.79 Å². The van der Waals surface area contributed by atoms with E-state index in [1.807, 2.05) is 36.1 Å². The van der Waals surface area contributed by atoms with Crippen molar-refractivity contribution < 1.29 is 13.9 Å². The fourth-order valence-corrected chi connectivity index (χ4v) is 4.42. The molecule has 1 amide bonds. The number of aromatic nitrogens is 3. The molecule has 1 aliphatic heterocycles. The van der Waals surface area contributed by atoms with Crippen LogP contribution >= 0.6 is 0 Å². The Balaban J connectivity index is 1.55. The van der Waals surface area contributed by atoms with Gasteiger partial charge in [0.1, 0.15) is 11.3 Å². The highest BCUT2D eigenvalue weighted by molar-refractivity contribution is 5.97. The van der Waals surface area contributed by atoms with E-state index in [1.54, 1.807) is 0 Å². The Labute approximate surface area is 202 Å². The van der Waals surface area contributed by atoms with Crippen molar-refractivity contribution in [1.82, 2.24) is 14.5 Å². The molecule has 2 aromatic heterocycles. The molecule has 1 aromatic carbocycles. The Morgan fingerprint density at radius 2 is 2.03 bits per heavy atom. The second-order valence-corrected chi connectivity index (χ2v) is 8.71. The number of fused-ring (bicyclic) bond motifs is 1. The van der Waals surface area contributed by atoms with E-state index in [1.165, 1.54) is 16.6 Å². The van der Waals surface area contributed by atoms with E-state index in [4.69, 9.17) is 14.9 Å². The quantitative estimate of drug-likeness (QED) is 0.470. The maximum absolute atomic E-state index is 13.6. The Morgan fingerprint density at radius 3 is 2.71 bits per heavy atom. The molecule has 0 spiro atoms. The van der Waals surface area contributed by atoms with Crippen molar-refractivity contribution in [2.24, 2.45) is 5.92 Å². The summed E-state index contributed by atoms with van der Waals surface area (Å²) in [4.78, 5) is 49.0. The number of hydrogen-bond acceptors (Lipinski definition) is 8. The predicted octanol–water partition coefficient (Wildman–Crippen LogP) is 1.96. The number of nitrogens with zero attached hydrogens (tertiary/aromatic N) is 4. The van der Waals surface area contributed by atoms with Crippen LogP contribution in [0.25, 0.3) is 11.1 Å². The van der Waals surface area contributed by atoms with Crippen molar-refractivity contribution in [1.29, 1.82) is 0 Å². The number of ether oxygens (including phenoxy) is 1. The fourth-order valence-electron chi connectivity index (χ4n) is 4.42. The first kappa shape index (κ1) is 24.5. The van der Waals surface area contributed by atoms with Gasteiger partial charge in [0.25, 0.3) is 11.6 Å². The van der Waals surface area contributed by atoms with Crippen molar-refractivity contribution >= 4 is 34.5 Å². The van der Waals surface area contributed by atoms with Crippen molar-refractivity contribution in [2.75, 3.05) is 48.9 Å². The molecule has 11 heteroatoms. The smallest absolute Gasteiger partial charge is 0.330 e. The predicted molar refractivity (Wildman–Crippen MR) is 134 cm³/mol. The number of H-pyrrole nitrogens is 1. The van der Waals surface area contributed by atoms with Gasteiger partial charge in [0.05, 0.1) is 6.61 Å². The molecule has 0 saturated carbocycles. The van der Waals surface area contributed by atoms with Gasteiger partial charge in [-0.3, -0.25) is 19.1 Å². The van der Waals surface area contributed by atoms with E-state index in [0.29, 0.717) is 38.5 Å². The highest BCUT2D eigenvalue weighted by Gasteiger charge is 2.33. The lowest BCUT2D eigenvalue weighted by Gasteiger charge is -2.33. The van der Waals surface area contributed by atoms with Crippen molar-refractivity contribution in [3.05, 3.63) is 45.1 Å². The molecule has 3 heterocycles. The third-order valence-electron chi connectivity index (χ3n) is 6.40. The lowest BCUT2D eigenvalue weighted by Crippen LogP contribution is -2.47. The van der Waals surface area contributed by atoms with Crippen LogP contribution in [0.5, 0.6) is 0 Å². The number of para-hydroxylation sites is 2. The maximum Gasteiger partial charge on any atom is 0.330 e. The van der Waals surface area contributed by atoms with Gasteiger partial charge in [-0.1, -0.05) is 25.5 Å². The number of carbonyl (C=O) groups excluding carboxylic acids is 1. The zero-order chi connectivity index (χ0) is 24.9. The van der Waals surface area contributed by atoms with Crippen LogP contribution in [-0.4, -0.2) is 53.8 Å². The summed E-state index contributed by atoms with van der Waals surface area (Å²) >= 11 is 0. The number of methoxy groups -OCH3 is 1. The van der Waals surface area contributed by atoms with Crippen LogP contribution in [-0.2, 0) is 16.1 Å². The van der Waals surface area contributed by atoms with Crippen LogP contribution in [0.1, 0.15) is 32.6 Å². The summed E-state index contributed by atoms with van der Waals surface area (Å²) in [6.45, 7) is 3.91. The number of hydrogen-bond donors (Lipinski definition) is 2. The molecule has 0 bridgehead atoms. The molecule has 0 aliphatic carbocycles. The lowest BCUT2D eigenvalue weighted by atomic mass is 9.95. The van der Waals surface area contributed by atoms with E-state index < -0.39 is 11.2 Å². The number of anilines is 3. The number of oxazole rings is 1. The first-order chi connectivity index (χ1) is 16.9. The molecule has 3 N–H and O–H groups in total. The van der Waals surface area contributed by atoms with Gasteiger partial charge in [-0.15, -0.1) is 0 Å². The number of benzene rings is 1. The van der Waals surface area contributed by atoms with Crippen LogP contribution in [0.2, 0.25) is 0 Å². The van der Waals surface area contributed by atoms with Crippen LogP contribution in [0.4, 0.5) is 17.5 Å². The third kappa shape index (κ3) is 5.09. The molecule has 0 unspecified atom stereocenters. The monoisotopic (exact) mass is 484 g/mol. The van der Waals surface area contributed by atoms with E-state index in [-0.39, 0.29) is 36.5 Å². The molecule has 3 aromatic rings. The molecule has 4 rings (SSSR count). The van der Waals surface area contributed by atoms with E-state index in [2.05, 4.69) is 9.97 Å². The van der Waals surface area contributed by atoms with Gasteiger partial charge in [-0.05, 0) is 31.4 Å². The third-order valence-corrected chi connectivity index (χ3v) is 6.40. The Kier molecular flexibility index (Phi) is 7.54. The van der Waals surface area contributed by atoms with Crippen LogP contribution < -0.4 is 26.8 Å². The summed E-state index contributed by atoms with van der Waals surface area (Å²) in [6.07, 6.45) is 2.70. The maximum atomic E-state index is 13.6. The minimum Gasteiger partial charge on any atom is -0.423 e. The average Bonchev–Trinajstić information content (AvgIpc) is 3.30. The SMILES string of the molecule is CCCCn1c(N)c(N(CCOC)C(=O)C2CCN(c3nc4ccccc4o3)CC2)c(=O)[nH]c1=O. The minimum absolute atomic E-state index is 0.000523. The number of carbonyl (C=O) groups is 1. The summed E-state index contributed by atoms with van der Waals surface area (Å²) < 4.78 is 12.4. The average molecular weight is 485 g/mol. The number of amides is 1. The molecule has 11 nitrogen and oxygen atoms in total. The highest BCUT2D eigenvalue weighted by Crippen LogP contribution is 2.28. The second-order valence-electron chi connectivity index (χ2n) is 8.71. The van der Waals surface area contributed by atoms with Gasteiger partial charge in [0.15, 0.2) is 11.3 Å². The number of aromatic amines is 1. The topological polar surface area (TPSA) is 140 Å². The molecule has 1 aliphatic rings. The van der Waals surface area contributed by atoms with Gasteiger partial charge < -0.3 is 24.7 Å². The summed E-state index contributed by atoms with van der Waals surface area (Å²) in [5.41, 5.74) is 6.55. The number of nitrogen functional groups attached to an aromatic ring is 1. The van der Waals surface area contributed by atoms with Crippen molar-refractivity contribution in [2.45, 2.75) is 39.2 Å². The van der Waals surface area contributed by atoms with Crippen LogP contribution in [0.15, 0.2) is 38.3 Å². The number of rotatable bonds is 9. The van der Waals surface area contributed by atoms with Gasteiger partial charge in [0, 0.05) is 39.2 Å². The van der Waals surface area contributed by atoms with Crippen LogP contribution in [0, 0.1) is 5.92 Å². The van der Waals surface area contributed by atoms with Crippen molar-refractivity contribution in [3.63, 3.8) is 0 Å². The normalized spacial score (nSPS) is 14.5. The molecule has 35 heavy (non-hydrogen) atoms. The Hall–Kier alpha value is -3.60. The summed E-state index contributed by atoms with van der Waals surface area (Å²) in [5.74, 6) is -0.528. The number of nitrogens with two attached hydrogens (primary N) is 1.